The third kappa shape index (κ3) is 3.63. The summed E-state index contributed by atoms with van der Waals surface area (Å²) < 4.78 is 1.83. The van der Waals surface area contributed by atoms with Gasteiger partial charge in [-0.2, -0.15) is 0 Å². The number of fused-ring (bicyclic) bond motifs is 1. The molecule has 1 unspecified atom stereocenters. The van der Waals surface area contributed by atoms with Crippen molar-refractivity contribution in [3.63, 3.8) is 0 Å². The summed E-state index contributed by atoms with van der Waals surface area (Å²) in [6.07, 6.45) is 10.1. The van der Waals surface area contributed by atoms with E-state index in [1.807, 2.05) is 12.1 Å². The predicted molar refractivity (Wildman–Crippen MR) is 105 cm³/mol. The number of anilines is 1. The third-order valence-electron chi connectivity index (χ3n) is 5.02. The zero-order chi connectivity index (χ0) is 17.2. The van der Waals surface area contributed by atoms with Crippen molar-refractivity contribution in [1.29, 1.82) is 0 Å². The van der Waals surface area contributed by atoms with Crippen molar-refractivity contribution in [2.24, 2.45) is 0 Å². The number of nitrogens with one attached hydrogen (secondary N) is 1. The van der Waals surface area contributed by atoms with Crippen molar-refractivity contribution in [3.8, 4) is 0 Å². The van der Waals surface area contributed by atoms with Gasteiger partial charge in [-0.05, 0) is 79.4 Å². The van der Waals surface area contributed by atoms with E-state index in [0.717, 1.165) is 58.7 Å². The molecule has 0 amide bonds. The van der Waals surface area contributed by atoms with E-state index in [9.17, 15) is 4.79 Å². The molecule has 0 fully saturated rings. The second kappa shape index (κ2) is 7.71. The molecule has 0 aromatic heterocycles. The van der Waals surface area contributed by atoms with E-state index in [1.165, 1.54) is 18.4 Å². The highest BCUT2D eigenvalue weighted by atomic mass is 79.9. The minimum absolute atomic E-state index is 0.176. The Morgan fingerprint density at radius 3 is 2.75 bits per heavy atom. The van der Waals surface area contributed by atoms with E-state index in [2.05, 4.69) is 43.3 Å². The van der Waals surface area contributed by atoms with Gasteiger partial charge in [0.25, 0.3) is 0 Å². The van der Waals surface area contributed by atoms with Crippen LogP contribution < -0.4 is 5.32 Å². The van der Waals surface area contributed by atoms with Gasteiger partial charge >= 0.3 is 0 Å². The van der Waals surface area contributed by atoms with E-state index < -0.39 is 5.54 Å². The first-order chi connectivity index (χ1) is 11.6. The van der Waals surface area contributed by atoms with Gasteiger partial charge in [0.2, 0.25) is 0 Å². The summed E-state index contributed by atoms with van der Waals surface area (Å²) in [4.78, 5) is 13.3. The molecule has 3 rings (SSSR count). The van der Waals surface area contributed by atoms with Crippen LogP contribution in [0.15, 0.2) is 32.7 Å². The van der Waals surface area contributed by atoms with Gasteiger partial charge < -0.3 is 10.4 Å². The van der Waals surface area contributed by atoms with Gasteiger partial charge in [0.1, 0.15) is 5.54 Å². The Morgan fingerprint density at radius 1 is 1.21 bits per heavy atom. The molecule has 1 heterocycles. The SMILES string of the molecule is O=C1c2cc(Br)cc(Br)c2NC1(CCCCO)CC1=CCCCC1. The fourth-order valence-electron chi connectivity index (χ4n) is 3.81. The zero-order valence-electron chi connectivity index (χ0n) is 13.7. The molecule has 130 valence electrons. The summed E-state index contributed by atoms with van der Waals surface area (Å²) in [6.45, 7) is 0.176. The smallest absolute Gasteiger partial charge is 0.190 e. The number of ketones is 1. The number of hydrogen-bond donors (Lipinski definition) is 2. The molecule has 1 aromatic rings. The van der Waals surface area contributed by atoms with Crippen LogP contribution >= 0.6 is 31.9 Å². The number of rotatable bonds is 6. The molecule has 2 N–H and O–H groups in total. The van der Waals surface area contributed by atoms with Gasteiger partial charge in [0, 0.05) is 21.1 Å². The molecule has 0 radical (unpaired) electrons. The van der Waals surface area contributed by atoms with Crippen LogP contribution in [0.5, 0.6) is 0 Å². The van der Waals surface area contributed by atoms with Crippen molar-refractivity contribution < 1.29 is 9.90 Å². The molecule has 1 aromatic carbocycles. The molecular formula is C19H23Br2NO2. The highest BCUT2D eigenvalue weighted by Gasteiger charge is 2.45. The first kappa shape index (κ1) is 18.2. The maximum Gasteiger partial charge on any atom is 0.190 e. The standard InChI is InChI=1S/C19H23Br2NO2/c20-14-10-15-17(16(21)11-14)22-19(18(15)24,8-4-5-9-23)12-13-6-2-1-3-7-13/h6,10-11,22-23H,1-5,7-9,12H2. The number of aliphatic hydroxyl groups excluding tert-OH is 1. The second-order valence-corrected chi connectivity index (χ2v) is 8.58. The van der Waals surface area contributed by atoms with Crippen LogP contribution in [0.25, 0.3) is 0 Å². The van der Waals surface area contributed by atoms with Crippen molar-refractivity contribution in [2.45, 2.75) is 56.9 Å². The van der Waals surface area contributed by atoms with E-state index in [0.29, 0.717) is 0 Å². The van der Waals surface area contributed by atoms with Crippen LogP contribution in [-0.2, 0) is 0 Å². The molecule has 1 atom stereocenters. The third-order valence-corrected chi connectivity index (χ3v) is 6.11. The summed E-state index contributed by atoms with van der Waals surface area (Å²) in [6, 6.07) is 3.89. The van der Waals surface area contributed by atoms with Gasteiger partial charge in [0.05, 0.1) is 5.69 Å². The summed E-state index contributed by atoms with van der Waals surface area (Å²) in [5.74, 6) is 0.184. The lowest BCUT2D eigenvalue weighted by atomic mass is 9.80. The number of hydrogen-bond acceptors (Lipinski definition) is 3. The van der Waals surface area contributed by atoms with Gasteiger partial charge in [-0.15, -0.1) is 0 Å². The molecule has 5 heteroatoms. The molecule has 0 bridgehead atoms. The Bertz CT molecular complexity index is 672. The number of allylic oxidation sites excluding steroid dienone is 1. The van der Waals surface area contributed by atoms with Gasteiger partial charge in [0.15, 0.2) is 5.78 Å². The molecule has 2 aliphatic rings. The number of unbranched alkanes of at least 4 members (excludes halogenated alkanes) is 1. The topological polar surface area (TPSA) is 49.3 Å². The Hall–Kier alpha value is -0.650. The highest BCUT2D eigenvalue weighted by Crippen LogP contribution is 2.45. The summed E-state index contributed by atoms with van der Waals surface area (Å²) in [5, 5.41) is 12.7. The lowest BCUT2D eigenvalue weighted by Crippen LogP contribution is -2.42. The van der Waals surface area contributed by atoms with Gasteiger partial charge in [-0.3, -0.25) is 4.79 Å². The Morgan fingerprint density at radius 2 is 2.04 bits per heavy atom. The van der Waals surface area contributed by atoms with Gasteiger partial charge in [-0.25, -0.2) is 0 Å². The summed E-state index contributed by atoms with van der Waals surface area (Å²) in [5.41, 5.74) is 2.50. The van der Waals surface area contributed by atoms with Crippen LogP contribution in [0.3, 0.4) is 0 Å². The Kier molecular flexibility index (Phi) is 5.83. The highest BCUT2D eigenvalue weighted by molar-refractivity contribution is 9.11. The summed E-state index contributed by atoms with van der Waals surface area (Å²) in [7, 11) is 0. The largest absolute Gasteiger partial charge is 0.396 e. The second-order valence-electron chi connectivity index (χ2n) is 6.81. The number of carbonyl (C=O) groups excluding carboxylic acids is 1. The van der Waals surface area contributed by atoms with Crippen molar-refractivity contribution in [2.75, 3.05) is 11.9 Å². The molecule has 24 heavy (non-hydrogen) atoms. The monoisotopic (exact) mass is 455 g/mol. The zero-order valence-corrected chi connectivity index (χ0v) is 16.9. The first-order valence-corrected chi connectivity index (χ1v) is 10.3. The molecule has 3 nitrogen and oxygen atoms in total. The number of carbonyl (C=O) groups is 1. The number of aliphatic hydroxyl groups is 1. The van der Waals surface area contributed by atoms with Crippen LogP contribution in [0, 0.1) is 0 Å². The molecule has 0 saturated carbocycles. The average Bonchev–Trinajstić information content (AvgIpc) is 2.83. The molecule has 1 aliphatic heterocycles. The van der Waals surface area contributed by atoms with Crippen LogP contribution in [0.4, 0.5) is 5.69 Å². The quantitative estimate of drug-likeness (QED) is 0.431. The van der Waals surface area contributed by atoms with Crippen molar-refractivity contribution >= 4 is 43.3 Å². The van der Waals surface area contributed by atoms with E-state index in [-0.39, 0.29) is 12.4 Å². The minimum atomic E-state index is -0.565. The first-order valence-electron chi connectivity index (χ1n) is 8.66. The molecule has 1 aliphatic carbocycles. The predicted octanol–water partition coefficient (Wildman–Crippen LogP) is 5.61. The maximum absolute atomic E-state index is 13.3. The van der Waals surface area contributed by atoms with E-state index in [1.54, 1.807) is 0 Å². The van der Waals surface area contributed by atoms with Crippen LogP contribution in [-0.4, -0.2) is 23.0 Å². The minimum Gasteiger partial charge on any atom is -0.396 e. The number of halogens is 2. The maximum atomic E-state index is 13.3. The van der Waals surface area contributed by atoms with E-state index in [4.69, 9.17) is 5.11 Å². The van der Waals surface area contributed by atoms with E-state index >= 15 is 0 Å². The fraction of sp³-hybridized carbons (Fsp3) is 0.526. The normalized spacial score (nSPS) is 23.0. The lowest BCUT2D eigenvalue weighted by molar-refractivity contribution is 0.0906. The van der Waals surface area contributed by atoms with Crippen molar-refractivity contribution in [1.82, 2.24) is 0 Å². The molecular weight excluding hydrogens is 434 g/mol. The Balaban J connectivity index is 1.92. The molecule has 0 saturated heterocycles. The summed E-state index contributed by atoms with van der Waals surface area (Å²) >= 11 is 7.07. The number of Topliss-reactive ketones (excluding diaryl/α,β-unsaturated/α-hetero) is 1. The van der Waals surface area contributed by atoms with Crippen LogP contribution in [0.1, 0.15) is 61.7 Å². The van der Waals surface area contributed by atoms with Gasteiger partial charge in [-0.1, -0.05) is 27.6 Å². The average molecular weight is 457 g/mol. The van der Waals surface area contributed by atoms with Crippen LogP contribution in [0.2, 0.25) is 0 Å². The molecule has 0 spiro atoms. The fourth-order valence-corrected chi connectivity index (χ4v) is 5.14. The lowest BCUT2D eigenvalue weighted by Gasteiger charge is -2.31. The Labute approximate surface area is 160 Å². The van der Waals surface area contributed by atoms with Crippen molar-refractivity contribution in [3.05, 3.63) is 38.3 Å². The number of benzene rings is 1.